The fraction of sp³-hybridized carbons (Fsp3) is 0.500. The van der Waals surface area contributed by atoms with Crippen LogP contribution in [0.4, 0.5) is 5.69 Å². The maximum absolute atomic E-state index is 12.5. The molecule has 1 aliphatic rings. The maximum Gasteiger partial charge on any atom is 0.249 e. The van der Waals surface area contributed by atoms with Crippen LogP contribution in [-0.4, -0.2) is 42.4 Å². The van der Waals surface area contributed by atoms with Gasteiger partial charge < -0.3 is 15.5 Å². The predicted molar refractivity (Wildman–Crippen MR) is 82.8 cm³/mol. The highest BCUT2D eigenvalue weighted by atomic mass is 16.2. The third-order valence-electron chi connectivity index (χ3n) is 4.24. The number of benzene rings is 1. The Bertz CT molecular complexity index is 516. The third kappa shape index (κ3) is 3.08. The summed E-state index contributed by atoms with van der Waals surface area (Å²) in [6, 6.07) is 8.94. The lowest BCUT2D eigenvalue weighted by atomic mass is 10.0. The molecule has 5 nitrogen and oxygen atoms in total. The van der Waals surface area contributed by atoms with E-state index in [0.29, 0.717) is 13.0 Å². The van der Waals surface area contributed by atoms with E-state index in [0.717, 1.165) is 5.69 Å². The van der Waals surface area contributed by atoms with Crippen LogP contribution in [0.2, 0.25) is 0 Å². The molecule has 1 aliphatic heterocycles. The molecule has 0 aliphatic carbocycles. The number of amides is 2. The molecule has 0 radical (unpaired) electrons. The molecule has 3 atom stereocenters. The van der Waals surface area contributed by atoms with E-state index in [4.69, 9.17) is 5.73 Å². The number of anilines is 1. The quantitative estimate of drug-likeness (QED) is 0.906. The molecule has 2 N–H and O–H groups in total. The average molecular weight is 289 g/mol. The van der Waals surface area contributed by atoms with Crippen LogP contribution in [0.25, 0.3) is 0 Å². The Hall–Kier alpha value is -1.88. The number of carbonyl (C=O) groups excluding carboxylic acids is 2. The number of likely N-dealkylation sites (N-methyl/N-ethyl adjacent to an activating group) is 1. The van der Waals surface area contributed by atoms with Gasteiger partial charge in [0.05, 0.1) is 5.92 Å². The molecule has 21 heavy (non-hydrogen) atoms. The zero-order valence-corrected chi connectivity index (χ0v) is 12.8. The van der Waals surface area contributed by atoms with E-state index in [2.05, 4.69) is 0 Å². The molecule has 1 heterocycles. The summed E-state index contributed by atoms with van der Waals surface area (Å²) in [5.74, 6) is -0.374. The van der Waals surface area contributed by atoms with Crippen molar-refractivity contribution in [2.75, 3.05) is 18.5 Å². The third-order valence-corrected chi connectivity index (χ3v) is 4.24. The van der Waals surface area contributed by atoms with E-state index in [1.807, 2.05) is 37.3 Å². The minimum absolute atomic E-state index is 0.0195. The first-order chi connectivity index (χ1) is 9.93. The predicted octanol–water partition coefficient (Wildman–Crippen LogP) is 1.23. The summed E-state index contributed by atoms with van der Waals surface area (Å²) in [5.41, 5.74) is 6.66. The zero-order chi connectivity index (χ0) is 15.6. The first-order valence-corrected chi connectivity index (χ1v) is 7.32. The first kappa shape index (κ1) is 15.5. The number of hydrogen-bond donors (Lipinski definition) is 1. The van der Waals surface area contributed by atoms with Gasteiger partial charge in [-0.15, -0.1) is 0 Å². The van der Waals surface area contributed by atoms with Crippen LogP contribution in [-0.2, 0) is 9.59 Å². The lowest BCUT2D eigenvalue weighted by molar-refractivity contribution is -0.140. The summed E-state index contributed by atoms with van der Waals surface area (Å²) < 4.78 is 0. The minimum atomic E-state index is -0.390. The van der Waals surface area contributed by atoms with Gasteiger partial charge in [0.2, 0.25) is 11.8 Å². The fourth-order valence-corrected chi connectivity index (χ4v) is 2.59. The molecule has 1 saturated heterocycles. The highest BCUT2D eigenvalue weighted by Gasteiger charge is 2.38. The Morgan fingerprint density at radius 3 is 2.52 bits per heavy atom. The van der Waals surface area contributed by atoms with Crippen LogP contribution in [0.5, 0.6) is 0 Å². The molecule has 2 amide bonds. The van der Waals surface area contributed by atoms with Crippen molar-refractivity contribution in [2.45, 2.75) is 32.4 Å². The summed E-state index contributed by atoms with van der Waals surface area (Å²) in [4.78, 5) is 28.2. The molecule has 1 aromatic rings. The smallest absolute Gasteiger partial charge is 0.249 e. The van der Waals surface area contributed by atoms with E-state index in [1.54, 1.807) is 23.8 Å². The standard InChI is InChI=1S/C16H23N3O2/c1-11(12(2)17)15(20)18(3)14-9-10-19(16(14)21)13-7-5-4-6-8-13/h4-8,11-12,14H,9-10,17H2,1-3H3. The second-order valence-corrected chi connectivity index (χ2v) is 5.73. The van der Waals surface area contributed by atoms with E-state index in [-0.39, 0.29) is 29.8 Å². The number of hydrogen-bond acceptors (Lipinski definition) is 3. The Balaban J connectivity index is 2.10. The monoisotopic (exact) mass is 289 g/mol. The van der Waals surface area contributed by atoms with Crippen LogP contribution >= 0.6 is 0 Å². The van der Waals surface area contributed by atoms with Crippen LogP contribution in [0.15, 0.2) is 30.3 Å². The van der Waals surface area contributed by atoms with Gasteiger partial charge in [-0.2, -0.15) is 0 Å². The topological polar surface area (TPSA) is 66.6 Å². The van der Waals surface area contributed by atoms with Gasteiger partial charge in [0.15, 0.2) is 0 Å². The molecule has 0 bridgehead atoms. The molecule has 5 heteroatoms. The average Bonchev–Trinajstić information content (AvgIpc) is 2.87. The van der Waals surface area contributed by atoms with Gasteiger partial charge in [-0.1, -0.05) is 25.1 Å². The fourth-order valence-electron chi connectivity index (χ4n) is 2.59. The number of nitrogens with zero attached hydrogens (tertiary/aromatic N) is 2. The molecule has 3 unspecified atom stereocenters. The van der Waals surface area contributed by atoms with Crippen molar-refractivity contribution < 1.29 is 9.59 Å². The number of nitrogens with two attached hydrogens (primary N) is 1. The molecule has 0 saturated carbocycles. The van der Waals surface area contributed by atoms with E-state index < -0.39 is 0 Å². The van der Waals surface area contributed by atoms with E-state index >= 15 is 0 Å². The Morgan fingerprint density at radius 2 is 1.95 bits per heavy atom. The van der Waals surface area contributed by atoms with Crippen LogP contribution < -0.4 is 10.6 Å². The second-order valence-electron chi connectivity index (χ2n) is 5.73. The molecule has 0 spiro atoms. The van der Waals surface area contributed by atoms with Gasteiger partial charge in [-0.05, 0) is 25.5 Å². The maximum atomic E-state index is 12.5. The highest BCUT2D eigenvalue weighted by molar-refractivity contribution is 6.01. The lowest BCUT2D eigenvalue weighted by Gasteiger charge is -2.28. The first-order valence-electron chi connectivity index (χ1n) is 7.32. The summed E-state index contributed by atoms with van der Waals surface area (Å²) in [7, 11) is 1.69. The van der Waals surface area contributed by atoms with Crippen molar-refractivity contribution in [3.8, 4) is 0 Å². The minimum Gasteiger partial charge on any atom is -0.333 e. The summed E-state index contributed by atoms with van der Waals surface area (Å²) in [6.07, 6.45) is 0.654. The SMILES string of the molecule is CC(N)C(C)C(=O)N(C)C1CCN(c2ccccc2)C1=O. The zero-order valence-electron chi connectivity index (χ0n) is 12.8. The Kier molecular flexibility index (Phi) is 4.63. The summed E-state index contributed by atoms with van der Waals surface area (Å²) in [5, 5.41) is 0. The van der Waals surface area contributed by atoms with Crippen molar-refractivity contribution in [3.63, 3.8) is 0 Å². The Labute approximate surface area is 125 Å². The number of rotatable bonds is 4. The van der Waals surface area contributed by atoms with Gasteiger partial charge in [0.25, 0.3) is 0 Å². The number of carbonyl (C=O) groups is 2. The lowest BCUT2D eigenvalue weighted by Crippen LogP contribution is -2.47. The van der Waals surface area contributed by atoms with Crippen molar-refractivity contribution in [2.24, 2.45) is 11.7 Å². The summed E-state index contributed by atoms with van der Waals surface area (Å²) >= 11 is 0. The van der Waals surface area contributed by atoms with Crippen molar-refractivity contribution >= 4 is 17.5 Å². The van der Waals surface area contributed by atoms with Crippen LogP contribution in [0.1, 0.15) is 20.3 Å². The van der Waals surface area contributed by atoms with Gasteiger partial charge >= 0.3 is 0 Å². The van der Waals surface area contributed by atoms with Crippen molar-refractivity contribution in [1.29, 1.82) is 0 Å². The molecule has 0 aromatic heterocycles. The van der Waals surface area contributed by atoms with Crippen molar-refractivity contribution in [3.05, 3.63) is 30.3 Å². The molecular weight excluding hydrogens is 266 g/mol. The molecule has 1 fully saturated rings. The van der Waals surface area contributed by atoms with Gasteiger partial charge in [-0.25, -0.2) is 0 Å². The van der Waals surface area contributed by atoms with Crippen LogP contribution in [0, 0.1) is 5.92 Å². The highest BCUT2D eigenvalue weighted by Crippen LogP contribution is 2.24. The normalized spacial score (nSPS) is 21.2. The van der Waals surface area contributed by atoms with E-state index in [1.165, 1.54) is 0 Å². The molecular formula is C16H23N3O2. The number of para-hydroxylation sites is 1. The largest absolute Gasteiger partial charge is 0.333 e. The van der Waals surface area contributed by atoms with Crippen LogP contribution in [0.3, 0.4) is 0 Å². The van der Waals surface area contributed by atoms with Gasteiger partial charge in [-0.3, -0.25) is 9.59 Å². The molecule has 2 rings (SSSR count). The summed E-state index contributed by atoms with van der Waals surface area (Å²) in [6.45, 7) is 4.25. The van der Waals surface area contributed by atoms with Gasteiger partial charge in [0, 0.05) is 25.3 Å². The van der Waals surface area contributed by atoms with Gasteiger partial charge in [0.1, 0.15) is 6.04 Å². The van der Waals surface area contributed by atoms with E-state index in [9.17, 15) is 9.59 Å². The second kappa shape index (κ2) is 6.26. The Morgan fingerprint density at radius 1 is 1.33 bits per heavy atom. The molecule has 114 valence electrons. The molecule has 1 aromatic carbocycles. The van der Waals surface area contributed by atoms with Crippen molar-refractivity contribution in [1.82, 2.24) is 4.90 Å².